The number of carbonyl (C=O) groups excluding carboxylic acids is 1. The largest absolute Gasteiger partial charge is 0.387 e. The lowest BCUT2D eigenvalue weighted by Gasteiger charge is -2.12. The van der Waals surface area contributed by atoms with E-state index in [1.165, 1.54) is 5.56 Å². The molecule has 0 saturated heterocycles. The number of carbonyl (C=O) groups is 1. The quantitative estimate of drug-likeness (QED) is 0.857. The van der Waals surface area contributed by atoms with Crippen LogP contribution in [-0.2, 0) is 13.5 Å². The summed E-state index contributed by atoms with van der Waals surface area (Å²) in [6.45, 7) is 2.53. The molecule has 4 heteroatoms. The Kier molecular flexibility index (Phi) is 5.17. The van der Waals surface area contributed by atoms with E-state index >= 15 is 0 Å². The summed E-state index contributed by atoms with van der Waals surface area (Å²) in [6, 6.07) is 11.4. The molecule has 0 radical (unpaired) electrons. The highest BCUT2D eigenvalue weighted by Gasteiger charge is 2.11. The maximum Gasteiger partial charge on any atom is 0.251 e. The van der Waals surface area contributed by atoms with Crippen molar-refractivity contribution in [3.05, 3.63) is 59.4 Å². The minimum absolute atomic E-state index is 0.100. The van der Waals surface area contributed by atoms with Crippen LogP contribution in [0.5, 0.6) is 0 Å². The van der Waals surface area contributed by atoms with Gasteiger partial charge in [0.1, 0.15) is 0 Å². The highest BCUT2D eigenvalue weighted by molar-refractivity contribution is 5.94. The number of aliphatic hydroxyl groups is 1. The number of hydrogen-bond donors (Lipinski definition) is 2. The Labute approximate surface area is 125 Å². The first kappa shape index (κ1) is 15.3. The smallest absolute Gasteiger partial charge is 0.251 e. The number of benzene rings is 1. The first-order valence-electron chi connectivity index (χ1n) is 7.28. The van der Waals surface area contributed by atoms with Gasteiger partial charge in [0, 0.05) is 31.0 Å². The van der Waals surface area contributed by atoms with E-state index in [-0.39, 0.29) is 5.91 Å². The molecule has 2 aromatic rings. The van der Waals surface area contributed by atoms with Gasteiger partial charge in [0.05, 0.1) is 6.10 Å². The second-order valence-corrected chi connectivity index (χ2v) is 5.15. The van der Waals surface area contributed by atoms with Crippen LogP contribution in [0.25, 0.3) is 0 Å². The number of hydrogen-bond acceptors (Lipinski definition) is 2. The van der Waals surface area contributed by atoms with Gasteiger partial charge in [0.2, 0.25) is 0 Å². The molecule has 112 valence electrons. The molecule has 1 aromatic heterocycles. The second-order valence-electron chi connectivity index (χ2n) is 5.15. The van der Waals surface area contributed by atoms with E-state index in [0.717, 1.165) is 12.1 Å². The van der Waals surface area contributed by atoms with Crippen LogP contribution in [0, 0.1) is 0 Å². The fourth-order valence-electron chi connectivity index (χ4n) is 2.28. The lowest BCUT2D eigenvalue weighted by Crippen LogP contribution is -2.25. The third-order valence-corrected chi connectivity index (χ3v) is 3.65. The van der Waals surface area contributed by atoms with Gasteiger partial charge in [0.25, 0.3) is 5.91 Å². The van der Waals surface area contributed by atoms with Gasteiger partial charge in [-0.25, -0.2) is 0 Å². The van der Waals surface area contributed by atoms with E-state index in [4.69, 9.17) is 0 Å². The molecule has 2 N–H and O–H groups in total. The van der Waals surface area contributed by atoms with Gasteiger partial charge in [-0.3, -0.25) is 4.79 Å². The Morgan fingerprint density at radius 3 is 2.57 bits per heavy atom. The Bertz CT molecular complexity index is 587. The molecule has 2 rings (SSSR count). The number of aliphatic hydroxyl groups excluding tert-OH is 1. The highest BCUT2D eigenvalue weighted by Crippen LogP contribution is 2.15. The summed E-state index contributed by atoms with van der Waals surface area (Å²) in [6.07, 6.45) is 2.79. The van der Waals surface area contributed by atoms with Gasteiger partial charge >= 0.3 is 0 Å². The molecule has 1 atom stereocenters. The van der Waals surface area contributed by atoms with Crippen LogP contribution in [0.15, 0.2) is 42.6 Å². The molecule has 1 aromatic carbocycles. The van der Waals surface area contributed by atoms with Crippen molar-refractivity contribution in [3.63, 3.8) is 0 Å². The molecular weight excluding hydrogens is 264 g/mol. The van der Waals surface area contributed by atoms with Crippen LogP contribution in [0.2, 0.25) is 0 Å². The highest BCUT2D eigenvalue weighted by atomic mass is 16.3. The van der Waals surface area contributed by atoms with Crippen LogP contribution in [0.4, 0.5) is 0 Å². The fraction of sp³-hybridized carbons (Fsp3) is 0.353. The van der Waals surface area contributed by atoms with Crippen LogP contribution >= 0.6 is 0 Å². The summed E-state index contributed by atoms with van der Waals surface area (Å²) in [5, 5.41) is 12.9. The molecule has 0 saturated carbocycles. The molecule has 4 nitrogen and oxygen atoms in total. The predicted octanol–water partition coefficient (Wildman–Crippen LogP) is 2.44. The molecule has 0 aliphatic heterocycles. The third kappa shape index (κ3) is 3.95. The van der Waals surface area contributed by atoms with Crippen LogP contribution in [-0.4, -0.2) is 22.1 Å². The molecular formula is C17H22N2O2. The van der Waals surface area contributed by atoms with Crippen molar-refractivity contribution in [3.8, 4) is 0 Å². The Morgan fingerprint density at radius 1 is 1.29 bits per heavy atom. The van der Waals surface area contributed by atoms with Gasteiger partial charge in [-0.05, 0) is 42.7 Å². The first-order valence-corrected chi connectivity index (χ1v) is 7.28. The van der Waals surface area contributed by atoms with Crippen LogP contribution in [0.3, 0.4) is 0 Å². The number of aryl methyl sites for hydroxylation is 2. The van der Waals surface area contributed by atoms with Crippen LogP contribution < -0.4 is 5.32 Å². The number of aromatic nitrogens is 1. The zero-order valence-corrected chi connectivity index (χ0v) is 12.5. The maximum atomic E-state index is 12.0. The summed E-state index contributed by atoms with van der Waals surface area (Å²) in [5.74, 6) is -0.100. The zero-order chi connectivity index (χ0) is 15.2. The second kappa shape index (κ2) is 7.09. The molecule has 0 spiro atoms. The van der Waals surface area contributed by atoms with Crippen molar-refractivity contribution in [2.45, 2.75) is 25.9 Å². The Balaban J connectivity index is 1.82. The van der Waals surface area contributed by atoms with Gasteiger partial charge in [-0.15, -0.1) is 0 Å². The molecule has 21 heavy (non-hydrogen) atoms. The molecule has 1 amide bonds. The summed E-state index contributed by atoms with van der Waals surface area (Å²) < 4.78 is 1.88. The number of amides is 1. The average molecular weight is 286 g/mol. The Hall–Kier alpha value is -2.07. The monoisotopic (exact) mass is 286 g/mol. The van der Waals surface area contributed by atoms with Gasteiger partial charge in [-0.1, -0.05) is 19.1 Å². The molecule has 0 unspecified atom stereocenters. The van der Waals surface area contributed by atoms with Gasteiger partial charge in [-0.2, -0.15) is 0 Å². The molecule has 0 aliphatic carbocycles. The number of rotatable bonds is 6. The first-order chi connectivity index (χ1) is 10.1. The number of nitrogens with one attached hydrogen (secondary N) is 1. The van der Waals surface area contributed by atoms with E-state index in [1.54, 1.807) is 0 Å². The van der Waals surface area contributed by atoms with Crippen molar-refractivity contribution in [2.24, 2.45) is 7.05 Å². The van der Waals surface area contributed by atoms with E-state index in [9.17, 15) is 9.90 Å². The Morgan fingerprint density at radius 2 is 2.00 bits per heavy atom. The predicted molar refractivity (Wildman–Crippen MR) is 83.1 cm³/mol. The van der Waals surface area contributed by atoms with E-state index in [2.05, 4.69) is 12.2 Å². The third-order valence-electron chi connectivity index (χ3n) is 3.65. The van der Waals surface area contributed by atoms with Crippen molar-refractivity contribution >= 4 is 5.91 Å². The molecule has 0 fully saturated rings. The minimum atomic E-state index is -0.562. The van der Waals surface area contributed by atoms with Gasteiger partial charge < -0.3 is 15.0 Å². The van der Waals surface area contributed by atoms with Crippen molar-refractivity contribution in [1.29, 1.82) is 0 Å². The lowest BCUT2D eigenvalue weighted by atomic mass is 10.1. The van der Waals surface area contributed by atoms with Crippen LogP contribution in [0.1, 0.15) is 41.1 Å². The summed E-state index contributed by atoms with van der Waals surface area (Å²) in [5.41, 5.74) is 2.72. The van der Waals surface area contributed by atoms with Gasteiger partial charge in [0.15, 0.2) is 0 Å². The summed E-state index contributed by atoms with van der Waals surface area (Å²) in [4.78, 5) is 12.0. The van der Waals surface area contributed by atoms with E-state index in [1.807, 2.05) is 54.2 Å². The molecule has 0 bridgehead atoms. The molecule has 0 aliphatic rings. The summed E-state index contributed by atoms with van der Waals surface area (Å²) >= 11 is 0. The number of nitrogens with zero attached hydrogens (tertiary/aromatic N) is 1. The standard InChI is InChI=1S/C17H22N2O2/c1-3-13-6-8-14(9-7-13)17(21)18-11-10-16(20)15-5-4-12-19(15)2/h4-9,12,16,20H,3,10-11H2,1-2H3,(H,18,21)/t16-/m0/s1. The van der Waals surface area contributed by atoms with Crippen molar-refractivity contribution < 1.29 is 9.90 Å². The van der Waals surface area contributed by atoms with Crippen molar-refractivity contribution in [1.82, 2.24) is 9.88 Å². The van der Waals surface area contributed by atoms with E-state index in [0.29, 0.717) is 18.5 Å². The summed E-state index contributed by atoms with van der Waals surface area (Å²) in [7, 11) is 1.90. The molecule has 1 heterocycles. The zero-order valence-electron chi connectivity index (χ0n) is 12.5. The average Bonchev–Trinajstić information content (AvgIpc) is 2.93. The topological polar surface area (TPSA) is 54.3 Å². The maximum absolute atomic E-state index is 12.0. The lowest BCUT2D eigenvalue weighted by molar-refractivity contribution is 0.0941. The normalized spacial score (nSPS) is 12.1. The minimum Gasteiger partial charge on any atom is -0.387 e. The SMILES string of the molecule is CCc1ccc(C(=O)NCC[C@H](O)c2cccn2C)cc1. The van der Waals surface area contributed by atoms with Crippen molar-refractivity contribution in [2.75, 3.05) is 6.54 Å². The fourth-order valence-corrected chi connectivity index (χ4v) is 2.28. The van der Waals surface area contributed by atoms with E-state index < -0.39 is 6.10 Å².